The van der Waals surface area contributed by atoms with E-state index in [1.807, 2.05) is 0 Å². The van der Waals surface area contributed by atoms with Crippen LogP contribution in [0.1, 0.15) is 44.9 Å². The molecule has 3 heteroatoms. The van der Waals surface area contributed by atoms with Gasteiger partial charge in [-0.15, -0.1) is 0 Å². The molecule has 4 saturated heterocycles. The van der Waals surface area contributed by atoms with Crippen molar-refractivity contribution in [1.82, 2.24) is 10.2 Å². The predicted octanol–water partition coefficient (Wildman–Crippen LogP) is 1.52. The number of ether oxygens (including phenoxy) is 1. The lowest BCUT2D eigenvalue weighted by Gasteiger charge is -2.38. The van der Waals surface area contributed by atoms with Crippen LogP contribution in [-0.4, -0.2) is 48.3 Å². The Bertz CT molecular complexity index is 295. The first-order valence-electron chi connectivity index (χ1n) is 7.43. The smallest absolute Gasteiger partial charge is 0.0733 e. The van der Waals surface area contributed by atoms with Crippen LogP contribution in [0.5, 0.6) is 0 Å². The number of nitrogens with one attached hydrogen (secondary N) is 1. The monoisotopic (exact) mass is 236 g/mol. The summed E-state index contributed by atoms with van der Waals surface area (Å²) in [5.41, 5.74) is 0. The minimum absolute atomic E-state index is 0.539. The highest BCUT2D eigenvalue weighted by molar-refractivity contribution is 5.00. The molecule has 0 aromatic carbocycles. The zero-order valence-corrected chi connectivity index (χ0v) is 10.8. The molecule has 0 aromatic rings. The summed E-state index contributed by atoms with van der Waals surface area (Å²) in [5.74, 6) is 0. The van der Waals surface area contributed by atoms with Crippen LogP contribution in [-0.2, 0) is 4.74 Å². The second-order valence-electron chi connectivity index (χ2n) is 6.60. The highest BCUT2D eigenvalue weighted by Gasteiger charge is 2.44. The van der Waals surface area contributed by atoms with E-state index in [9.17, 15) is 0 Å². The van der Waals surface area contributed by atoms with Crippen molar-refractivity contribution < 1.29 is 4.74 Å². The van der Waals surface area contributed by atoms with Crippen LogP contribution in [0.25, 0.3) is 0 Å². The zero-order chi connectivity index (χ0) is 11.4. The summed E-state index contributed by atoms with van der Waals surface area (Å²) in [6.07, 6.45) is 10.6. The molecule has 0 spiro atoms. The third-order valence-corrected chi connectivity index (χ3v) is 5.65. The van der Waals surface area contributed by atoms with Crippen LogP contribution in [0.3, 0.4) is 0 Å². The van der Waals surface area contributed by atoms with E-state index in [2.05, 4.69) is 17.3 Å². The Labute approximate surface area is 104 Å². The average molecular weight is 236 g/mol. The summed E-state index contributed by atoms with van der Waals surface area (Å²) in [5, 5.41) is 3.92. The molecule has 5 atom stereocenters. The molecule has 4 heterocycles. The van der Waals surface area contributed by atoms with Crippen molar-refractivity contribution in [2.24, 2.45) is 0 Å². The molecule has 4 bridgehead atoms. The largest absolute Gasteiger partial charge is 0.373 e. The van der Waals surface area contributed by atoms with Gasteiger partial charge in [0, 0.05) is 24.2 Å². The van der Waals surface area contributed by atoms with Gasteiger partial charge in [-0.3, -0.25) is 0 Å². The van der Waals surface area contributed by atoms with Crippen molar-refractivity contribution in [3.05, 3.63) is 0 Å². The van der Waals surface area contributed by atoms with Gasteiger partial charge in [-0.1, -0.05) is 0 Å². The molecule has 96 valence electrons. The Hall–Kier alpha value is -0.120. The van der Waals surface area contributed by atoms with E-state index in [4.69, 9.17) is 4.74 Å². The standard InChI is InChI=1S/C14H24N2O/c1-16-10-2-3-11(16)7-9(6-10)15-13-8-12-4-5-14(13)17-12/h9-15H,2-8H2,1H3. The molecule has 4 fully saturated rings. The molecular weight excluding hydrogens is 212 g/mol. The van der Waals surface area contributed by atoms with Crippen molar-refractivity contribution in [2.45, 2.75) is 81.3 Å². The number of fused-ring (bicyclic) bond motifs is 4. The van der Waals surface area contributed by atoms with Crippen LogP contribution in [0.4, 0.5) is 0 Å². The SMILES string of the molecule is CN1C2CCC1CC(NC1CC3CCC1O3)C2. The number of piperidine rings is 1. The van der Waals surface area contributed by atoms with E-state index in [1.165, 1.54) is 44.9 Å². The fraction of sp³-hybridized carbons (Fsp3) is 1.00. The molecule has 0 saturated carbocycles. The van der Waals surface area contributed by atoms with E-state index in [1.54, 1.807) is 0 Å². The van der Waals surface area contributed by atoms with Crippen LogP contribution in [0.2, 0.25) is 0 Å². The molecule has 5 unspecified atom stereocenters. The Morgan fingerprint density at radius 2 is 1.76 bits per heavy atom. The van der Waals surface area contributed by atoms with Crippen LogP contribution in [0, 0.1) is 0 Å². The van der Waals surface area contributed by atoms with Gasteiger partial charge in [0.1, 0.15) is 0 Å². The maximum Gasteiger partial charge on any atom is 0.0733 e. The van der Waals surface area contributed by atoms with Crippen LogP contribution in [0.15, 0.2) is 0 Å². The quantitative estimate of drug-likeness (QED) is 0.787. The maximum absolute atomic E-state index is 5.94. The Balaban J connectivity index is 1.38. The first-order valence-corrected chi connectivity index (χ1v) is 7.43. The van der Waals surface area contributed by atoms with Gasteiger partial charge < -0.3 is 15.0 Å². The van der Waals surface area contributed by atoms with Gasteiger partial charge >= 0.3 is 0 Å². The summed E-state index contributed by atoms with van der Waals surface area (Å²) in [6.45, 7) is 0. The number of hydrogen-bond donors (Lipinski definition) is 1. The Kier molecular flexibility index (Phi) is 2.50. The maximum atomic E-state index is 5.94. The Morgan fingerprint density at radius 3 is 2.35 bits per heavy atom. The summed E-state index contributed by atoms with van der Waals surface area (Å²) >= 11 is 0. The second kappa shape index (κ2) is 3.94. The first-order chi connectivity index (χ1) is 8.29. The molecule has 0 radical (unpaired) electrons. The predicted molar refractivity (Wildman–Crippen MR) is 67.0 cm³/mol. The van der Waals surface area contributed by atoms with Gasteiger partial charge in [-0.2, -0.15) is 0 Å². The molecule has 4 aliphatic heterocycles. The third-order valence-electron chi connectivity index (χ3n) is 5.65. The van der Waals surface area contributed by atoms with Gasteiger partial charge in [0.25, 0.3) is 0 Å². The second-order valence-corrected chi connectivity index (χ2v) is 6.60. The van der Waals surface area contributed by atoms with Gasteiger partial charge in [0.2, 0.25) is 0 Å². The molecule has 0 aliphatic carbocycles. The minimum Gasteiger partial charge on any atom is -0.373 e. The average Bonchev–Trinajstić information content (AvgIpc) is 2.95. The van der Waals surface area contributed by atoms with Crippen molar-refractivity contribution in [1.29, 1.82) is 0 Å². The van der Waals surface area contributed by atoms with Gasteiger partial charge in [0.05, 0.1) is 12.2 Å². The van der Waals surface area contributed by atoms with E-state index in [0.717, 1.165) is 18.1 Å². The van der Waals surface area contributed by atoms with Crippen LogP contribution >= 0.6 is 0 Å². The normalized spacial score (nSPS) is 53.5. The lowest BCUT2D eigenvalue weighted by atomic mass is 9.92. The van der Waals surface area contributed by atoms with E-state index in [-0.39, 0.29) is 0 Å². The van der Waals surface area contributed by atoms with Crippen LogP contribution < -0.4 is 5.32 Å². The first kappa shape index (κ1) is 10.8. The highest BCUT2D eigenvalue weighted by Crippen LogP contribution is 2.38. The zero-order valence-electron chi connectivity index (χ0n) is 10.8. The minimum atomic E-state index is 0.539. The fourth-order valence-corrected chi connectivity index (χ4v) is 4.66. The fourth-order valence-electron chi connectivity index (χ4n) is 4.66. The summed E-state index contributed by atoms with van der Waals surface area (Å²) < 4.78 is 5.94. The molecule has 3 nitrogen and oxygen atoms in total. The molecule has 0 aromatic heterocycles. The molecular formula is C14H24N2O. The summed E-state index contributed by atoms with van der Waals surface area (Å²) in [6, 6.07) is 3.13. The number of hydrogen-bond acceptors (Lipinski definition) is 3. The van der Waals surface area contributed by atoms with Crippen molar-refractivity contribution >= 4 is 0 Å². The Morgan fingerprint density at radius 1 is 1.00 bits per heavy atom. The third kappa shape index (κ3) is 1.74. The van der Waals surface area contributed by atoms with Gasteiger partial charge in [-0.25, -0.2) is 0 Å². The van der Waals surface area contributed by atoms with Gasteiger partial charge in [0.15, 0.2) is 0 Å². The van der Waals surface area contributed by atoms with Crippen molar-refractivity contribution in [3.63, 3.8) is 0 Å². The lowest BCUT2D eigenvalue weighted by Crippen LogP contribution is -2.51. The lowest BCUT2D eigenvalue weighted by molar-refractivity contribution is 0.0899. The van der Waals surface area contributed by atoms with Crippen molar-refractivity contribution in [3.8, 4) is 0 Å². The molecule has 4 rings (SSSR count). The summed E-state index contributed by atoms with van der Waals surface area (Å²) in [7, 11) is 2.32. The number of rotatable bonds is 2. The molecule has 17 heavy (non-hydrogen) atoms. The highest BCUT2D eigenvalue weighted by atomic mass is 16.5. The van der Waals surface area contributed by atoms with E-state index >= 15 is 0 Å². The van der Waals surface area contributed by atoms with Gasteiger partial charge in [-0.05, 0) is 52.0 Å². The van der Waals surface area contributed by atoms with E-state index in [0.29, 0.717) is 18.2 Å². The number of nitrogens with zero attached hydrogens (tertiary/aromatic N) is 1. The van der Waals surface area contributed by atoms with E-state index < -0.39 is 0 Å². The topological polar surface area (TPSA) is 24.5 Å². The summed E-state index contributed by atoms with van der Waals surface area (Å²) in [4.78, 5) is 2.62. The molecule has 4 aliphatic rings. The molecule has 0 amide bonds. The molecule has 1 N–H and O–H groups in total. The van der Waals surface area contributed by atoms with Crippen molar-refractivity contribution in [2.75, 3.05) is 7.05 Å².